The maximum atomic E-state index is 12.5. The smallest absolute Gasteiger partial charge is 0.240 e. The standard InChI is InChI=1S/C15H20N2O2/c1-2-16-12-7-5-9-17(15(12)18)13-10-19-14-8-4-3-6-11(13)14/h3-4,6,8,12-13,16H,2,5,7,9-10H2,1H3. The second-order valence-electron chi connectivity index (χ2n) is 5.15. The second kappa shape index (κ2) is 5.21. The molecule has 0 spiro atoms. The lowest BCUT2D eigenvalue weighted by molar-refractivity contribution is -0.139. The number of piperidine rings is 1. The number of ether oxygens (including phenoxy) is 1. The van der Waals surface area contributed by atoms with Gasteiger partial charge in [0.1, 0.15) is 12.4 Å². The van der Waals surface area contributed by atoms with Gasteiger partial charge in [0.05, 0.1) is 12.1 Å². The molecular formula is C15H20N2O2. The Bertz CT molecular complexity index is 473. The first-order valence-electron chi connectivity index (χ1n) is 7.07. The molecule has 2 atom stereocenters. The number of hydrogen-bond acceptors (Lipinski definition) is 3. The van der Waals surface area contributed by atoms with Crippen LogP contribution in [0.5, 0.6) is 5.75 Å². The van der Waals surface area contributed by atoms with Gasteiger partial charge in [0.25, 0.3) is 0 Å². The first-order valence-corrected chi connectivity index (χ1v) is 7.07. The first-order chi connectivity index (χ1) is 9.31. The van der Waals surface area contributed by atoms with Gasteiger partial charge in [-0.1, -0.05) is 25.1 Å². The van der Waals surface area contributed by atoms with Gasteiger partial charge >= 0.3 is 0 Å². The summed E-state index contributed by atoms with van der Waals surface area (Å²) in [5.74, 6) is 1.14. The zero-order valence-corrected chi connectivity index (χ0v) is 11.3. The van der Waals surface area contributed by atoms with E-state index in [1.807, 2.05) is 30.0 Å². The SMILES string of the molecule is CCNC1CCCN(C2COc3ccccc32)C1=O. The number of nitrogens with one attached hydrogen (secondary N) is 1. The number of carbonyl (C=O) groups is 1. The quantitative estimate of drug-likeness (QED) is 0.899. The van der Waals surface area contributed by atoms with E-state index in [0.717, 1.165) is 37.2 Å². The highest BCUT2D eigenvalue weighted by Gasteiger charge is 2.37. The van der Waals surface area contributed by atoms with Crippen molar-refractivity contribution in [1.82, 2.24) is 10.2 Å². The number of carbonyl (C=O) groups excluding carboxylic acids is 1. The van der Waals surface area contributed by atoms with Crippen LogP contribution >= 0.6 is 0 Å². The Morgan fingerprint density at radius 2 is 2.26 bits per heavy atom. The van der Waals surface area contributed by atoms with Crippen LogP contribution in [-0.4, -0.2) is 36.5 Å². The summed E-state index contributed by atoms with van der Waals surface area (Å²) in [6, 6.07) is 8.09. The van der Waals surface area contributed by atoms with Gasteiger partial charge in [0.2, 0.25) is 5.91 Å². The van der Waals surface area contributed by atoms with Crippen molar-refractivity contribution in [3.63, 3.8) is 0 Å². The van der Waals surface area contributed by atoms with Gasteiger partial charge in [-0.25, -0.2) is 0 Å². The van der Waals surface area contributed by atoms with Gasteiger partial charge in [0, 0.05) is 12.1 Å². The second-order valence-corrected chi connectivity index (χ2v) is 5.15. The van der Waals surface area contributed by atoms with Crippen LogP contribution in [0.2, 0.25) is 0 Å². The minimum atomic E-state index is -0.0217. The van der Waals surface area contributed by atoms with E-state index in [9.17, 15) is 4.79 Å². The Morgan fingerprint density at radius 3 is 3.11 bits per heavy atom. The number of rotatable bonds is 3. The van der Waals surface area contributed by atoms with Crippen LogP contribution in [0.3, 0.4) is 0 Å². The molecule has 3 rings (SSSR count). The Kier molecular flexibility index (Phi) is 3.42. The van der Waals surface area contributed by atoms with Gasteiger partial charge in [0.15, 0.2) is 0 Å². The molecule has 2 heterocycles. The highest BCUT2D eigenvalue weighted by atomic mass is 16.5. The number of likely N-dealkylation sites (tertiary alicyclic amines) is 1. The van der Waals surface area contributed by atoms with Gasteiger partial charge < -0.3 is 15.0 Å². The normalized spacial score (nSPS) is 26.2. The molecule has 0 aromatic heterocycles. The molecule has 0 aliphatic carbocycles. The van der Waals surface area contributed by atoms with Crippen molar-refractivity contribution >= 4 is 5.91 Å². The van der Waals surface area contributed by atoms with Crippen molar-refractivity contribution in [2.45, 2.75) is 31.8 Å². The van der Waals surface area contributed by atoms with Crippen LogP contribution in [0.15, 0.2) is 24.3 Å². The molecule has 1 aromatic carbocycles. The number of nitrogens with zero attached hydrogens (tertiary/aromatic N) is 1. The molecule has 2 aliphatic rings. The fraction of sp³-hybridized carbons (Fsp3) is 0.533. The Morgan fingerprint density at radius 1 is 1.42 bits per heavy atom. The predicted molar refractivity (Wildman–Crippen MR) is 73.1 cm³/mol. The highest BCUT2D eigenvalue weighted by Crippen LogP contribution is 2.37. The van der Waals surface area contributed by atoms with Crippen LogP contribution < -0.4 is 10.1 Å². The van der Waals surface area contributed by atoms with Crippen LogP contribution in [0, 0.1) is 0 Å². The molecule has 102 valence electrons. The molecular weight excluding hydrogens is 240 g/mol. The van der Waals surface area contributed by atoms with E-state index in [1.165, 1.54) is 0 Å². The summed E-state index contributed by atoms with van der Waals surface area (Å²) >= 11 is 0. The number of amides is 1. The summed E-state index contributed by atoms with van der Waals surface area (Å²) in [7, 11) is 0. The lowest BCUT2D eigenvalue weighted by Gasteiger charge is -2.36. The highest BCUT2D eigenvalue weighted by molar-refractivity contribution is 5.83. The summed E-state index contributed by atoms with van der Waals surface area (Å²) in [6.07, 6.45) is 2.00. The van der Waals surface area contributed by atoms with E-state index in [-0.39, 0.29) is 18.0 Å². The van der Waals surface area contributed by atoms with Crippen molar-refractivity contribution in [1.29, 1.82) is 0 Å². The molecule has 0 saturated carbocycles. The maximum absolute atomic E-state index is 12.5. The van der Waals surface area contributed by atoms with Crippen molar-refractivity contribution in [3.8, 4) is 5.75 Å². The third-order valence-electron chi connectivity index (χ3n) is 3.97. The molecule has 1 fully saturated rings. The molecule has 1 aromatic rings. The van der Waals surface area contributed by atoms with Crippen LogP contribution in [0.1, 0.15) is 31.4 Å². The molecule has 4 nitrogen and oxygen atoms in total. The Balaban J connectivity index is 1.81. The number of para-hydroxylation sites is 1. The zero-order valence-electron chi connectivity index (χ0n) is 11.3. The zero-order chi connectivity index (χ0) is 13.2. The van der Waals surface area contributed by atoms with E-state index < -0.39 is 0 Å². The molecule has 4 heteroatoms. The molecule has 1 saturated heterocycles. The summed E-state index contributed by atoms with van der Waals surface area (Å²) in [5, 5.41) is 3.28. The van der Waals surface area contributed by atoms with Crippen molar-refractivity contribution < 1.29 is 9.53 Å². The summed E-state index contributed by atoms with van der Waals surface area (Å²) < 4.78 is 5.69. The third-order valence-corrected chi connectivity index (χ3v) is 3.97. The van der Waals surface area contributed by atoms with E-state index in [4.69, 9.17) is 4.74 Å². The number of benzene rings is 1. The Labute approximate surface area is 113 Å². The van der Waals surface area contributed by atoms with E-state index in [0.29, 0.717) is 6.61 Å². The summed E-state index contributed by atoms with van der Waals surface area (Å²) in [6.45, 7) is 4.30. The van der Waals surface area contributed by atoms with Crippen molar-refractivity contribution in [3.05, 3.63) is 29.8 Å². The van der Waals surface area contributed by atoms with E-state index in [2.05, 4.69) is 11.4 Å². The molecule has 19 heavy (non-hydrogen) atoms. The molecule has 1 N–H and O–H groups in total. The average Bonchev–Trinajstić information content (AvgIpc) is 2.85. The summed E-state index contributed by atoms with van der Waals surface area (Å²) in [4.78, 5) is 14.5. The lowest BCUT2D eigenvalue weighted by atomic mass is 9.99. The van der Waals surface area contributed by atoms with Gasteiger partial charge in [-0.15, -0.1) is 0 Å². The molecule has 0 bridgehead atoms. The van der Waals surface area contributed by atoms with Crippen LogP contribution in [0.25, 0.3) is 0 Å². The fourth-order valence-corrected chi connectivity index (χ4v) is 3.05. The minimum absolute atomic E-state index is 0.0217. The summed E-state index contributed by atoms with van der Waals surface area (Å²) in [5.41, 5.74) is 1.15. The van der Waals surface area contributed by atoms with Crippen LogP contribution in [0.4, 0.5) is 0 Å². The third kappa shape index (κ3) is 2.21. The monoisotopic (exact) mass is 260 g/mol. The lowest BCUT2D eigenvalue weighted by Crippen LogP contribution is -2.52. The molecule has 2 unspecified atom stereocenters. The van der Waals surface area contributed by atoms with E-state index >= 15 is 0 Å². The van der Waals surface area contributed by atoms with Crippen LogP contribution in [-0.2, 0) is 4.79 Å². The number of fused-ring (bicyclic) bond motifs is 1. The van der Waals surface area contributed by atoms with E-state index in [1.54, 1.807) is 0 Å². The Hall–Kier alpha value is -1.55. The first kappa shape index (κ1) is 12.5. The average molecular weight is 260 g/mol. The number of likely N-dealkylation sites (N-methyl/N-ethyl adjacent to an activating group) is 1. The van der Waals surface area contributed by atoms with Gasteiger partial charge in [-0.05, 0) is 25.5 Å². The predicted octanol–water partition coefficient (Wildman–Crippen LogP) is 1.72. The topological polar surface area (TPSA) is 41.6 Å². The molecule has 2 aliphatic heterocycles. The van der Waals surface area contributed by atoms with Crippen molar-refractivity contribution in [2.24, 2.45) is 0 Å². The minimum Gasteiger partial charge on any atom is -0.491 e. The maximum Gasteiger partial charge on any atom is 0.240 e. The van der Waals surface area contributed by atoms with Gasteiger partial charge in [-0.3, -0.25) is 4.79 Å². The largest absolute Gasteiger partial charge is 0.491 e. The number of hydrogen-bond donors (Lipinski definition) is 1. The molecule has 1 amide bonds. The fourth-order valence-electron chi connectivity index (χ4n) is 3.05. The van der Waals surface area contributed by atoms with Crippen molar-refractivity contribution in [2.75, 3.05) is 19.7 Å². The molecule has 0 radical (unpaired) electrons. The van der Waals surface area contributed by atoms with Gasteiger partial charge in [-0.2, -0.15) is 0 Å².